The van der Waals surface area contributed by atoms with E-state index in [-0.39, 0.29) is 5.91 Å². The molecule has 1 saturated heterocycles. The van der Waals surface area contributed by atoms with Crippen LogP contribution in [-0.4, -0.2) is 25.3 Å². The highest BCUT2D eigenvalue weighted by atomic mass is 32.1. The van der Waals surface area contributed by atoms with Crippen molar-refractivity contribution in [2.75, 3.05) is 13.7 Å². The number of aliphatic imine (C=N–C) groups is 1. The Bertz CT molecular complexity index is 685. The lowest BCUT2D eigenvalue weighted by atomic mass is 10.0. The van der Waals surface area contributed by atoms with E-state index in [2.05, 4.69) is 28.3 Å². The molecule has 0 bridgehead atoms. The number of ether oxygens (including phenoxy) is 1. The first-order chi connectivity index (χ1) is 11.5. The van der Waals surface area contributed by atoms with Crippen molar-refractivity contribution in [1.82, 2.24) is 10.6 Å². The number of carbonyl (C=O) groups excluding carboxylic acids is 1. The minimum absolute atomic E-state index is 0.262. The van der Waals surface area contributed by atoms with E-state index >= 15 is 0 Å². The molecule has 24 heavy (non-hydrogen) atoms. The summed E-state index contributed by atoms with van der Waals surface area (Å²) in [5.41, 5.74) is 8.49. The Hall–Kier alpha value is -2.15. The van der Waals surface area contributed by atoms with Gasteiger partial charge in [0.15, 0.2) is 0 Å². The normalized spacial score (nSPS) is 21.2. The van der Waals surface area contributed by atoms with E-state index in [9.17, 15) is 4.79 Å². The maximum atomic E-state index is 12.5. The molecule has 0 saturated carbocycles. The van der Waals surface area contributed by atoms with Crippen LogP contribution in [0, 0.1) is 0 Å². The standard InChI is InChI=1S/C17H24N4O2S/c1-4-6-12(18)14-15(19-3)17(22)21-16(20-14)11-9-10(24)7-8-13(11)23-5-2/h7-9,16,20,24H,4-6,18H2,1-3H3,(H,21,22). The zero-order valence-electron chi connectivity index (χ0n) is 14.2. The van der Waals surface area contributed by atoms with Gasteiger partial charge in [-0.3, -0.25) is 9.79 Å². The highest BCUT2D eigenvalue weighted by molar-refractivity contribution is 7.80. The Morgan fingerprint density at radius 3 is 2.75 bits per heavy atom. The maximum absolute atomic E-state index is 12.5. The van der Waals surface area contributed by atoms with Crippen LogP contribution in [0.5, 0.6) is 5.75 Å². The molecule has 130 valence electrons. The fourth-order valence-electron chi connectivity index (χ4n) is 2.62. The predicted molar refractivity (Wildman–Crippen MR) is 98.4 cm³/mol. The monoisotopic (exact) mass is 348 g/mol. The van der Waals surface area contributed by atoms with Gasteiger partial charge in [-0.2, -0.15) is 0 Å². The lowest BCUT2D eigenvalue weighted by Gasteiger charge is -2.31. The highest BCUT2D eigenvalue weighted by Gasteiger charge is 2.31. The van der Waals surface area contributed by atoms with Gasteiger partial charge in [0.1, 0.15) is 17.6 Å². The summed E-state index contributed by atoms with van der Waals surface area (Å²) >= 11 is 4.39. The summed E-state index contributed by atoms with van der Waals surface area (Å²) in [6, 6.07) is 5.56. The molecule has 4 N–H and O–H groups in total. The molecule has 0 spiro atoms. The van der Waals surface area contributed by atoms with Crippen LogP contribution >= 0.6 is 12.6 Å². The van der Waals surface area contributed by atoms with Crippen molar-refractivity contribution in [2.45, 2.75) is 37.8 Å². The minimum atomic E-state index is -0.456. The van der Waals surface area contributed by atoms with Crippen molar-refractivity contribution in [1.29, 1.82) is 0 Å². The molecule has 1 unspecified atom stereocenters. The van der Waals surface area contributed by atoms with Crippen LogP contribution in [-0.2, 0) is 4.79 Å². The number of nitrogens with one attached hydrogen (secondary N) is 2. The first-order valence-corrected chi connectivity index (χ1v) is 8.45. The lowest BCUT2D eigenvalue weighted by molar-refractivity contribution is -0.116. The summed E-state index contributed by atoms with van der Waals surface area (Å²) in [5.74, 6) is 0.431. The Morgan fingerprint density at radius 1 is 1.38 bits per heavy atom. The second-order valence-corrected chi connectivity index (χ2v) is 5.94. The number of nitrogens with two attached hydrogens (primary N) is 1. The first kappa shape index (κ1) is 18.2. The fourth-order valence-corrected chi connectivity index (χ4v) is 2.83. The van der Waals surface area contributed by atoms with Gasteiger partial charge in [0, 0.05) is 23.2 Å². The summed E-state index contributed by atoms with van der Waals surface area (Å²) in [5, 5.41) is 6.19. The SMILES string of the molecule is CCCC(N)=C1NC(c2cc(S)ccc2OCC)NC(=O)C1=NC. The molecule has 1 aromatic rings. The first-order valence-electron chi connectivity index (χ1n) is 8.00. The molecule has 1 aliphatic rings. The second-order valence-electron chi connectivity index (χ2n) is 5.43. The number of carbonyl (C=O) groups is 1. The van der Waals surface area contributed by atoms with E-state index in [1.165, 1.54) is 0 Å². The molecule has 1 aromatic carbocycles. The average Bonchev–Trinajstić information content (AvgIpc) is 2.56. The van der Waals surface area contributed by atoms with Crippen molar-refractivity contribution >= 4 is 24.2 Å². The van der Waals surface area contributed by atoms with Crippen LogP contribution in [0.3, 0.4) is 0 Å². The number of hydrogen-bond donors (Lipinski definition) is 4. The number of nitrogens with zero attached hydrogens (tertiary/aromatic N) is 1. The number of rotatable bonds is 5. The number of allylic oxidation sites excluding steroid dienone is 1. The van der Waals surface area contributed by atoms with Crippen LogP contribution in [0.15, 0.2) is 39.5 Å². The van der Waals surface area contributed by atoms with Crippen molar-refractivity contribution in [3.63, 3.8) is 0 Å². The molecule has 1 aliphatic heterocycles. The Kier molecular flexibility index (Phi) is 6.14. The smallest absolute Gasteiger partial charge is 0.273 e. The zero-order chi connectivity index (χ0) is 17.7. The van der Waals surface area contributed by atoms with Crippen LogP contribution < -0.4 is 21.1 Å². The fraction of sp³-hybridized carbons (Fsp3) is 0.412. The predicted octanol–water partition coefficient (Wildman–Crippen LogP) is 2.13. The molecule has 1 amide bonds. The molecule has 0 aromatic heterocycles. The molecule has 0 aliphatic carbocycles. The van der Waals surface area contributed by atoms with Crippen LogP contribution in [0.1, 0.15) is 38.4 Å². The second kappa shape index (κ2) is 8.10. The molecule has 2 rings (SSSR count). The largest absolute Gasteiger partial charge is 0.493 e. The molecule has 1 atom stereocenters. The summed E-state index contributed by atoms with van der Waals surface area (Å²) in [6.07, 6.45) is 1.12. The molecule has 7 heteroatoms. The van der Waals surface area contributed by atoms with Crippen molar-refractivity contribution < 1.29 is 9.53 Å². The quantitative estimate of drug-likeness (QED) is 0.614. The molecular weight excluding hydrogens is 324 g/mol. The third kappa shape index (κ3) is 3.84. The summed E-state index contributed by atoms with van der Waals surface area (Å²) in [6.45, 7) is 4.48. The van der Waals surface area contributed by atoms with Gasteiger partial charge in [-0.25, -0.2) is 0 Å². The third-order valence-electron chi connectivity index (χ3n) is 3.68. The van der Waals surface area contributed by atoms with Gasteiger partial charge in [-0.1, -0.05) is 13.3 Å². The molecule has 1 fully saturated rings. The number of amides is 1. The summed E-state index contributed by atoms with van der Waals surface area (Å²) < 4.78 is 5.67. The Labute approximate surface area is 148 Å². The maximum Gasteiger partial charge on any atom is 0.273 e. The third-order valence-corrected chi connectivity index (χ3v) is 3.96. The van der Waals surface area contributed by atoms with Crippen LogP contribution in [0.2, 0.25) is 0 Å². The minimum Gasteiger partial charge on any atom is -0.493 e. The van der Waals surface area contributed by atoms with E-state index in [1.807, 2.05) is 32.0 Å². The molecule has 0 radical (unpaired) electrons. The molecule has 6 nitrogen and oxygen atoms in total. The molecular formula is C17H24N4O2S. The average molecular weight is 348 g/mol. The summed E-state index contributed by atoms with van der Waals surface area (Å²) in [4.78, 5) is 17.3. The van der Waals surface area contributed by atoms with Gasteiger partial charge < -0.3 is 21.1 Å². The van der Waals surface area contributed by atoms with Crippen molar-refractivity contribution in [2.24, 2.45) is 10.7 Å². The number of benzene rings is 1. The number of thiol groups is 1. The highest BCUT2D eigenvalue weighted by Crippen LogP contribution is 2.29. The van der Waals surface area contributed by atoms with E-state index in [4.69, 9.17) is 10.5 Å². The van der Waals surface area contributed by atoms with Crippen LogP contribution in [0.4, 0.5) is 0 Å². The number of hydrogen-bond acceptors (Lipinski definition) is 6. The zero-order valence-corrected chi connectivity index (χ0v) is 15.1. The summed E-state index contributed by atoms with van der Waals surface area (Å²) in [7, 11) is 1.58. The van der Waals surface area contributed by atoms with Gasteiger partial charge >= 0.3 is 0 Å². The van der Waals surface area contributed by atoms with Gasteiger partial charge in [-0.15, -0.1) is 12.6 Å². The Morgan fingerprint density at radius 2 is 2.12 bits per heavy atom. The van der Waals surface area contributed by atoms with Gasteiger partial charge in [-0.05, 0) is 31.5 Å². The lowest BCUT2D eigenvalue weighted by Crippen LogP contribution is -2.50. The van der Waals surface area contributed by atoms with E-state index in [0.29, 0.717) is 35.9 Å². The van der Waals surface area contributed by atoms with Crippen molar-refractivity contribution in [3.05, 3.63) is 35.2 Å². The van der Waals surface area contributed by atoms with Crippen LogP contribution in [0.25, 0.3) is 0 Å². The van der Waals surface area contributed by atoms with Gasteiger partial charge in [0.05, 0.1) is 12.3 Å². The van der Waals surface area contributed by atoms with Gasteiger partial charge in [0.25, 0.3) is 5.91 Å². The topological polar surface area (TPSA) is 88.7 Å². The van der Waals surface area contributed by atoms with E-state index in [0.717, 1.165) is 16.9 Å². The van der Waals surface area contributed by atoms with E-state index < -0.39 is 6.17 Å². The van der Waals surface area contributed by atoms with E-state index in [1.54, 1.807) is 7.05 Å². The molecule has 1 heterocycles. The van der Waals surface area contributed by atoms with Crippen molar-refractivity contribution in [3.8, 4) is 5.75 Å². The van der Waals surface area contributed by atoms with Gasteiger partial charge in [0.2, 0.25) is 0 Å². The Balaban J connectivity index is 2.45.